The number of fused-ring (bicyclic) bond motifs is 1. The zero-order valence-corrected chi connectivity index (χ0v) is 14.2. The summed E-state index contributed by atoms with van der Waals surface area (Å²) in [5, 5.41) is 24.1. The Kier molecular flexibility index (Phi) is 4.21. The lowest BCUT2D eigenvalue weighted by atomic mass is 9.90. The molecule has 3 rings (SSSR count). The van der Waals surface area contributed by atoms with Crippen molar-refractivity contribution < 1.29 is 24.0 Å². The summed E-state index contributed by atoms with van der Waals surface area (Å²) in [5.74, 6) is -0.736. The number of thiophene rings is 1. The topological polar surface area (TPSA) is 102 Å². The third-order valence-electron chi connectivity index (χ3n) is 3.97. The largest absolute Gasteiger partial charge is 0.484 e. The number of carbonyl (C=O) groups is 1. The van der Waals surface area contributed by atoms with Crippen LogP contribution in [0, 0.1) is 15.9 Å². The van der Waals surface area contributed by atoms with Crippen molar-refractivity contribution in [2.24, 2.45) is 0 Å². The minimum absolute atomic E-state index is 0.143. The fraction of sp³-hybridized carbons (Fsp3) is 0.312. The van der Waals surface area contributed by atoms with Crippen molar-refractivity contribution in [1.82, 2.24) is 5.32 Å². The van der Waals surface area contributed by atoms with E-state index in [1.165, 1.54) is 18.2 Å². The van der Waals surface area contributed by atoms with Crippen LogP contribution < -0.4 is 10.1 Å². The van der Waals surface area contributed by atoms with Crippen LogP contribution in [0.1, 0.15) is 35.1 Å². The number of aliphatic hydroxyl groups excluding tert-OH is 1. The van der Waals surface area contributed by atoms with E-state index < -0.39 is 34.4 Å². The highest BCUT2D eigenvalue weighted by molar-refractivity contribution is 7.15. The maximum atomic E-state index is 13.0. The second-order valence-electron chi connectivity index (χ2n) is 6.18. The van der Waals surface area contributed by atoms with Gasteiger partial charge >= 0.3 is 5.00 Å². The zero-order chi connectivity index (χ0) is 18.4. The van der Waals surface area contributed by atoms with Gasteiger partial charge in [0.25, 0.3) is 5.91 Å². The van der Waals surface area contributed by atoms with Crippen molar-refractivity contribution in [2.45, 2.75) is 31.6 Å². The second kappa shape index (κ2) is 6.08. The van der Waals surface area contributed by atoms with E-state index >= 15 is 0 Å². The minimum atomic E-state index is -1.12. The summed E-state index contributed by atoms with van der Waals surface area (Å²) in [4.78, 5) is 23.3. The number of hydrogen-bond donors (Lipinski definition) is 2. The summed E-state index contributed by atoms with van der Waals surface area (Å²) in [7, 11) is 0. The Balaban J connectivity index is 1.95. The average molecular weight is 366 g/mol. The van der Waals surface area contributed by atoms with Crippen molar-refractivity contribution >= 4 is 22.2 Å². The lowest BCUT2D eigenvalue weighted by Gasteiger charge is -2.40. The highest BCUT2D eigenvalue weighted by Crippen LogP contribution is 2.47. The van der Waals surface area contributed by atoms with E-state index in [4.69, 9.17) is 4.74 Å². The molecule has 1 aromatic heterocycles. The fourth-order valence-corrected chi connectivity index (χ4v) is 3.60. The first-order valence-electron chi connectivity index (χ1n) is 7.40. The molecule has 7 nitrogen and oxygen atoms in total. The molecule has 2 aromatic rings. The number of halogens is 1. The number of nitrogens with zero attached hydrogens (tertiary/aromatic N) is 1. The third kappa shape index (κ3) is 3.20. The van der Waals surface area contributed by atoms with Crippen LogP contribution in [0.5, 0.6) is 5.75 Å². The second-order valence-corrected chi connectivity index (χ2v) is 7.24. The standard InChI is InChI=1S/C16H15FN2O5S/c1-16(2)14(20)12(13-10(24-16)7-11(25-13)19(22)23)18-15(21)8-3-5-9(17)6-4-8/h3-7,12,14,20H,1-2H3,(H,18,21). The Morgan fingerprint density at radius 3 is 2.64 bits per heavy atom. The van der Waals surface area contributed by atoms with Gasteiger partial charge in [0.05, 0.1) is 21.9 Å². The van der Waals surface area contributed by atoms with E-state index in [0.29, 0.717) is 4.88 Å². The van der Waals surface area contributed by atoms with Gasteiger partial charge in [-0.2, -0.15) is 0 Å². The van der Waals surface area contributed by atoms with Crippen LogP contribution in [-0.2, 0) is 0 Å². The number of benzene rings is 1. The van der Waals surface area contributed by atoms with Crippen LogP contribution in [-0.4, -0.2) is 27.6 Å². The number of nitro groups is 1. The molecular formula is C16H15FN2O5S. The SMILES string of the molecule is CC1(C)Oc2cc([N+](=O)[O-])sc2C(NC(=O)c2ccc(F)cc2)C1O. The van der Waals surface area contributed by atoms with Crippen molar-refractivity contribution in [3.8, 4) is 5.75 Å². The van der Waals surface area contributed by atoms with Crippen molar-refractivity contribution in [1.29, 1.82) is 0 Å². The summed E-state index contributed by atoms with van der Waals surface area (Å²) in [5.41, 5.74) is -0.839. The molecule has 2 atom stereocenters. The third-order valence-corrected chi connectivity index (χ3v) is 5.12. The predicted molar refractivity (Wildman–Crippen MR) is 88.3 cm³/mol. The molecule has 2 N–H and O–H groups in total. The van der Waals surface area contributed by atoms with Crippen LogP contribution in [0.25, 0.3) is 0 Å². The molecule has 0 bridgehead atoms. The maximum Gasteiger partial charge on any atom is 0.328 e. The first-order valence-corrected chi connectivity index (χ1v) is 8.22. The van der Waals surface area contributed by atoms with Gasteiger partial charge in [0, 0.05) is 5.56 Å². The van der Waals surface area contributed by atoms with Crippen LogP contribution in [0.3, 0.4) is 0 Å². The first kappa shape index (κ1) is 17.3. The monoisotopic (exact) mass is 366 g/mol. The molecule has 25 heavy (non-hydrogen) atoms. The van der Waals surface area contributed by atoms with Gasteiger partial charge in [-0.3, -0.25) is 14.9 Å². The highest BCUT2D eigenvalue weighted by atomic mass is 32.1. The Bertz CT molecular complexity index is 834. The molecule has 1 aromatic carbocycles. The average Bonchev–Trinajstić information content (AvgIpc) is 2.95. The summed E-state index contributed by atoms with van der Waals surface area (Å²) < 4.78 is 18.6. The first-order chi connectivity index (χ1) is 11.7. The molecule has 0 fully saturated rings. The normalized spacial score (nSPS) is 21.1. The summed E-state index contributed by atoms with van der Waals surface area (Å²) in [6, 6.07) is 5.35. The Morgan fingerprint density at radius 2 is 2.04 bits per heavy atom. The van der Waals surface area contributed by atoms with Gasteiger partial charge in [-0.1, -0.05) is 11.3 Å². The van der Waals surface area contributed by atoms with Gasteiger partial charge in [-0.15, -0.1) is 0 Å². The predicted octanol–water partition coefficient (Wildman–Crippen LogP) is 2.80. The van der Waals surface area contributed by atoms with E-state index in [9.17, 15) is 24.4 Å². The number of aliphatic hydroxyl groups is 1. The lowest BCUT2D eigenvalue weighted by molar-refractivity contribution is -0.380. The minimum Gasteiger partial charge on any atom is -0.484 e. The molecule has 0 spiro atoms. The molecule has 2 heterocycles. The van der Waals surface area contributed by atoms with Gasteiger partial charge < -0.3 is 15.2 Å². The van der Waals surface area contributed by atoms with Crippen molar-refractivity contribution in [2.75, 3.05) is 0 Å². The van der Waals surface area contributed by atoms with Gasteiger partial charge in [0.15, 0.2) is 0 Å². The molecule has 0 radical (unpaired) electrons. The number of nitrogens with one attached hydrogen (secondary N) is 1. The molecule has 2 unspecified atom stereocenters. The smallest absolute Gasteiger partial charge is 0.328 e. The Morgan fingerprint density at radius 1 is 1.40 bits per heavy atom. The number of rotatable bonds is 3. The van der Waals surface area contributed by atoms with Crippen LogP contribution >= 0.6 is 11.3 Å². The van der Waals surface area contributed by atoms with Crippen LogP contribution in [0.15, 0.2) is 30.3 Å². The number of carbonyl (C=O) groups excluding carboxylic acids is 1. The maximum absolute atomic E-state index is 13.0. The quantitative estimate of drug-likeness (QED) is 0.642. The number of hydrogen-bond acceptors (Lipinski definition) is 6. The van der Waals surface area contributed by atoms with Crippen molar-refractivity contribution in [3.05, 3.63) is 56.7 Å². The van der Waals surface area contributed by atoms with Gasteiger partial charge in [-0.25, -0.2) is 4.39 Å². The molecule has 9 heteroatoms. The molecule has 0 saturated heterocycles. The zero-order valence-electron chi connectivity index (χ0n) is 13.4. The van der Waals surface area contributed by atoms with Gasteiger partial charge in [-0.05, 0) is 38.1 Å². The fourth-order valence-electron chi connectivity index (χ4n) is 2.62. The molecule has 132 valence electrons. The van der Waals surface area contributed by atoms with Crippen LogP contribution in [0.2, 0.25) is 0 Å². The molecule has 0 saturated carbocycles. The van der Waals surface area contributed by atoms with E-state index in [1.54, 1.807) is 13.8 Å². The number of ether oxygens (including phenoxy) is 1. The molecule has 0 aliphatic carbocycles. The van der Waals surface area contributed by atoms with E-state index in [1.807, 2.05) is 0 Å². The Labute approximate surface area is 146 Å². The van der Waals surface area contributed by atoms with Crippen molar-refractivity contribution in [3.63, 3.8) is 0 Å². The van der Waals surface area contributed by atoms with Gasteiger partial charge in [0.2, 0.25) is 0 Å². The van der Waals surface area contributed by atoms with Gasteiger partial charge in [0.1, 0.15) is 23.3 Å². The molecule has 1 aliphatic rings. The highest BCUT2D eigenvalue weighted by Gasteiger charge is 2.46. The Hall–Kier alpha value is -2.52. The van der Waals surface area contributed by atoms with E-state index in [-0.39, 0.29) is 16.3 Å². The molecule has 1 amide bonds. The number of amides is 1. The molecule has 1 aliphatic heterocycles. The van der Waals surface area contributed by atoms with E-state index in [0.717, 1.165) is 23.5 Å². The summed E-state index contributed by atoms with van der Waals surface area (Å²) in [6.07, 6.45) is -1.12. The molecular weight excluding hydrogens is 351 g/mol. The summed E-state index contributed by atoms with van der Waals surface area (Å²) in [6.45, 7) is 3.25. The summed E-state index contributed by atoms with van der Waals surface area (Å²) >= 11 is 0.837. The van der Waals surface area contributed by atoms with E-state index in [2.05, 4.69) is 5.32 Å². The van der Waals surface area contributed by atoms with Crippen LogP contribution in [0.4, 0.5) is 9.39 Å². The lowest BCUT2D eigenvalue weighted by Crippen LogP contribution is -2.53.